The molecule has 0 bridgehead atoms. The number of benzene rings is 1. The SMILES string of the molecule is Cc1cc(=O)n(CC(=O)Nc2ccc(Cl)cc2)c(C)n1. The van der Waals surface area contributed by atoms with Gasteiger partial charge in [0.15, 0.2) is 0 Å². The lowest BCUT2D eigenvalue weighted by Gasteiger charge is -2.10. The van der Waals surface area contributed by atoms with Gasteiger partial charge >= 0.3 is 0 Å². The van der Waals surface area contributed by atoms with E-state index in [-0.39, 0.29) is 18.0 Å². The second-order valence-electron chi connectivity index (χ2n) is 4.42. The Morgan fingerprint density at radius 3 is 2.55 bits per heavy atom. The summed E-state index contributed by atoms with van der Waals surface area (Å²) in [6.07, 6.45) is 0. The average molecular weight is 292 g/mol. The molecule has 6 heteroatoms. The van der Waals surface area contributed by atoms with Crippen molar-refractivity contribution in [3.05, 3.63) is 57.2 Å². The van der Waals surface area contributed by atoms with Crippen molar-refractivity contribution in [3.8, 4) is 0 Å². The first kappa shape index (κ1) is 14.3. The molecule has 2 rings (SSSR count). The third-order valence-corrected chi connectivity index (χ3v) is 3.01. The van der Waals surface area contributed by atoms with Gasteiger partial charge in [-0.3, -0.25) is 14.2 Å². The van der Waals surface area contributed by atoms with Gasteiger partial charge in [0.1, 0.15) is 12.4 Å². The zero-order valence-corrected chi connectivity index (χ0v) is 11.9. The van der Waals surface area contributed by atoms with Gasteiger partial charge in [-0.2, -0.15) is 0 Å². The number of carbonyl (C=O) groups is 1. The van der Waals surface area contributed by atoms with Crippen LogP contribution < -0.4 is 10.9 Å². The molecule has 1 heterocycles. The topological polar surface area (TPSA) is 64.0 Å². The minimum Gasteiger partial charge on any atom is -0.325 e. The number of anilines is 1. The van der Waals surface area contributed by atoms with E-state index in [2.05, 4.69) is 10.3 Å². The standard InChI is InChI=1S/C14H14ClN3O2/c1-9-7-14(20)18(10(2)16-9)8-13(19)17-12-5-3-11(15)4-6-12/h3-7H,8H2,1-2H3,(H,17,19). The number of hydrogen-bond donors (Lipinski definition) is 1. The summed E-state index contributed by atoms with van der Waals surface area (Å²) >= 11 is 5.77. The van der Waals surface area contributed by atoms with E-state index in [0.29, 0.717) is 22.2 Å². The van der Waals surface area contributed by atoms with Crippen LogP contribution in [0.4, 0.5) is 5.69 Å². The van der Waals surface area contributed by atoms with E-state index in [1.807, 2.05) is 0 Å². The van der Waals surface area contributed by atoms with E-state index in [0.717, 1.165) is 0 Å². The number of halogens is 1. The second kappa shape index (κ2) is 5.88. The Kier molecular flexibility index (Phi) is 4.20. The third-order valence-electron chi connectivity index (χ3n) is 2.76. The van der Waals surface area contributed by atoms with Crippen LogP contribution in [0.1, 0.15) is 11.5 Å². The number of rotatable bonds is 3. The number of carbonyl (C=O) groups excluding carboxylic acids is 1. The number of aryl methyl sites for hydroxylation is 2. The first-order valence-electron chi connectivity index (χ1n) is 6.06. The molecule has 0 saturated heterocycles. The summed E-state index contributed by atoms with van der Waals surface area (Å²) in [5.74, 6) is 0.226. The van der Waals surface area contributed by atoms with Crippen molar-refractivity contribution in [2.45, 2.75) is 20.4 Å². The zero-order valence-electron chi connectivity index (χ0n) is 11.2. The van der Waals surface area contributed by atoms with Crippen molar-refractivity contribution >= 4 is 23.2 Å². The number of hydrogen-bond acceptors (Lipinski definition) is 3. The third kappa shape index (κ3) is 3.45. The van der Waals surface area contributed by atoms with Gasteiger partial charge in [0, 0.05) is 22.5 Å². The van der Waals surface area contributed by atoms with E-state index < -0.39 is 0 Å². The highest BCUT2D eigenvalue weighted by Gasteiger charge is 2.08. The molecule has 2 aromatic rings. The molecule has 0 aliphatic rings. The van der Waals surface area contributed by atoms with Crippen molar-refractivity contribution in [2.75, 3.05) is 5.32 Å². The monoisotopic (exact) mass is 291 g/mol. The summed E-state index contributed by atoms with van der Waals surface area (Å²) in [6, 6.07) is 8.17. The molecule has 1 aromatic heterocycles. The highest BCUT2D eigenvalue weighted by atomic mass is 35.5. The van der Waals surface area contributed by atoms with Gasteiger partial charge in [-0.05, 0) is 38.1 Å². The van der Waals surface area contributed by atoms with Crippen LogP contribution in [0.3, 0.4) is 0 Å². The molecule has 0 spiro atoms. The van der Waals surface area contributed by atoms with Crippen molar-refractivity contribution in [3.63, 3.8) is 0 Å². The molecule has 0 unspecified atom stereocenters. The van der Waals surface area contributed by atoms with Gasteiger partial charge in [0.05, 0.1) is 0 Å². The maximum Gasteiger partial charge on any atom is 0.254 e. The van der Waals surface area contributed by atoms with E-state index in [1.165, 1.54) is 10.6 Å². The summed E-state index contributed by atoms with van der Waals surface area (Å²) in [4.78, 5) is 27.9. The van der Waals surface area contributed by atoms with Crippen LogP contribution in [-0.4, -0.2) is 15.5 Å². The van der Waals surface area contributed by atoms with Crippen LogP contribution >= 0.6 is 11.6 Å². The van der Waals surface area contributed by atoms with Crippen molar-refractivity contribution in [1.29, 1.82) is 0 Å². The molecule has 1 amide bonds. The first-order chi connectivity index (χ1) is 9.45. The summed E-state index contributed by atoms with van der Waals surface area (Å²) in [7, 11) is 0. The number of nitrogens with one attached hydrogen (secondary N) is 1. The minimum absolute atomic E-state index is 0.0689. The van der Waals surface area contributed by atoms with Gasteiger partial charge in [0.25, 0.3) is 5.56 Å². The highest BCUT2D eigenvalue weighted by molar-refractivity contribution is 6.30. The van der Waals surface area contributed by atoms with E-state index in [1.54, 1.807) is 38.1 Å². The summed E-state index contributed by atoms with van der Waals surface area (Å²) in [6.45, 7) is 3.37. The predicted octanol–water partition coefficient (Wildman–Crippen LogP) is 2.15. The van der Waals surface area contributed by atoms with Crippen LogP contribution in [0.2, 0.25) is 5.02 Å². The predicted molar refractivity (Wildman–Crippen MR) is 78.1 cm³/mol. The Morgan fingerprint density at radius 2 is 1.95 bits per heavy atom. The lowest BCUT2D eigenvalue weighted by molar-refractivity contribution is -0.116. The maximum atomic E-state index is 11.9. The molecule has 1 N–H and O–H groups in total. The Morgan fingerprint density at radius 1 is 1.30 bits per heavy atom. The number of aromatic nitrogens is 2. The molecule has 1 aromatic carbocycles. The normalized spacial score (nSPS) is 10.3. The summed E-state index contributed by atoms with van der Waals surface area (Å²) in [5, 5.41) is 3.30. The minimum atomic E-state index is -0.289. The van der Waals surface area contributed by atoms with E-state index >= 15 is 0 Å². The lowest BCUT2D eigenvalue weighted by Crippen LogP contribution is -2.29. The molecule has 0 atom stereocenters. The Bertz CT molecular complexity index is 693. The number of amides is 1. The Balaban J connectivity index is 2.12. The molecule has 0 aliphatic carbocycles. The molecular weight excluding hydrogens is 278 g/mol. The van der Waals surface area contributed by atoms with Crippen LogP contribution in [0.15, 0.2) is 35.1 Å². The average Bonchev–Trinajstić information content (AvgIpc) is 2.36. The van der Waals surface area contributed by atoms with Crippen molar-refractivity contribution in [1.82, 2.24) is 9.55 Å². The fraction of sp³-hybridized carbons (Fsp3) is 0.214. The molecule has 5 nitrogen and oxygen atoms in total. The van der Waals surface area contributed by atoms with Gasteiger partial charge < -0.3 is 5.32 Å². The molecule has 104 valence electrons. The largest absolute Gasteiger partial charge is 0.325 e. The van der Waals surface area contributed by atoms with E-state index in [9.17, 15) is 9.59 Å². The van der Waals surface area contributed by atoms with Gasteiger partial charge in [-0.15, -0.1) is 0 Å². The first-order valence-corrected chi connectivity index (χ1v) is 6.44. The molecular formula is C14H14ClN3O2. The summed E-state index contributed by atoms with van der Waals surface area (Å²) in [5.41, 5.74) is 1.04. The maximum absolute atomic E-state index is 11.9. The zero-order chi connectivity index (χ0) is 14.7. The Hall–Kier alpha value is -2.14. The fourth-order valence-corrected chi connectivity index (χ4v) is 1.96. The molecule has 20 heavy (non-hydrogen) atoms. The van der Waals surface area contributed by atoms with Crippen LogP contribution in [0.25, 0.3) is 0 Å². The van der Waals surface area contributed by atoms with Gasteiger partial charge in [-0.25, -0.2) is 4.98 Å². The smallest absolute Gasteiger partial charge is 0.254 e. The number of nitrogens with zero attached hydrogens (tertiary/aromatic N) is 2. The molecule has 0 fully saturated rings. The summed E-state index contributed by atoms with van der Waals surface area (Å²) < 4.78 is 1.33. The van der Waals surface area contributed by atoms with E-state index in [4.69, 9.17) is 11.6 Å². The lowest BCUT2D eigenvalue weighted by atomic mass is 10.3. The molecule has 0 radical (unpaired) electrons. The van der Waals surface area contributed by atoms with Crippen LogP contribution in [0.5, 0.6) is 0 Å². The van der Waals surface area contributed by atoms with Crippen LogP contribution in [-0.2, 0) is 11.3 Å². The van der Waals surface area contributed by atoms with Crippen molar-refractivity contribution < 1.29 is 4.79 Å². The second-order valence-corrected chi connectivity index (χ2v) is 4.86. The van der Waals surface area contributed by atoms with Gasteiger partial charge in [0.2, 0.25) is 5.91 Å². The molecule has 0 saturated carbocycles. The molecule has 0 aliphatic heterocycles. The Labute approximate surface area is 121 Å². The van der Waals surface area contributed by atoms with Gasteiger partial charge in [-0.1, -0.05) is 11.6 Å². The highest BCUT2D eigenvalue weighted by Crippen LogP contribution is 2.13. The fourth-order valence-electron chi connectivity index (χ4n) is 1.83. The van der Waals surface area contributed by atoms with Crippen molar-refractivity contribution in [2.24, 2.45) is 0 Å². The quantitative estimate of drug-likeness (QED) is 0.942. The van der Waals surface area contributed by atoms with Crippen LogP contribution in [0, 0.1) is 13.8 Å².